The minimum Gasteiger partial charge on any atom is -0.289 e. The van der Waals surface area contributed by atoms with Crippen LogP contribution < -0.4 is 10.5 Å². The number of thioether (sulfide) groups is 1. The van der Waals surface area contributed by atoms with E-state index in [1.165, 1.54) is 41.5 Å². The molecule has 32 heavy (non-hydrogen) atoms. The van der Waals surface area contributed by atoms with Crippen LogP contribution in [0.15, 0.2) is 51.2 Å². The Labute approximate surface area is 196 Å². The molecule has 1 aromatic carbocycles. The van der Waals surface area contributed by atoms with Gasteiger partial charge in [0.1, 0.15) is 0 Å². The maximum Gasteiger partial charge on any atom is 0.262 e. The Bertz CT molecular complexity index is 1200. The molecule has 8 heteroatoms. The first-order valence-electron chi connectivity index (χ1n) is 11.1. The molecular weight excluding hydrogens is 440 g/mol. The van der Waals surface area contributed by atoms with Crippen molar-refractivity contribution in [1.29, 1.82) is 0 Å². The fourth-order valence-corrected chi connectivity index (χ4v) is 5.92. The first-order chi connectivity index (χ1) is 15.6. The van der Waals surface area contributed by atoms with Crippen molar-refractivity contribution in [1.82, 2.24) is 14.5 Å². The van der Waals surface area contributed by atoms with E-state index in [0.29, 0.717) is 29.4 Å². The molecule has 0 saturated heterocycles. The Kier molecular flexibility index (Phi) is 7.42. The number of benzene rings is 1. The van der Waals surface area contributed by atoms with Crippen molar-refractivity contribution in [2.24, 2.45) is 0 Å². The Morgan fingerprint density at radius 1 is 1.25 bits per heavy atom. The maximum atomic E-state index is 13.3. The minimum atomic E-state index is -0.0110. The van der Waals surface area contributed by atoms with E-state index in [4.69, 9.17) is 4.98 Å². The number of carbonyl (C=O) groups is 1. The highest BCUT2D eigenvalue weighted by atomic mass is 32.2. The number of rotatable bonds is 8. The molecule has 2 aromatic heterocycles. The second-order valence-corrected chi connectivity index (χ2v) is 9.68. The van der Waals surface area contributed by atoms with E-state index in [9.17, 15) is 9.59 Å². The summed E-state index contributed by atoms with van der Waals surface area (Å²) in [6.07, 6.45) is 7.99. The molecule has 6 nitrogen and oxygen atoms in total. The molecule has 0 atom stereocenters. The van der Waals surface area contributed by atoms with E-state index in [-0.39, 0.29) is 11.5 Å². The molecule has 0 spiro atoms. The van der Waals surface area contributed by atoms with Crippen LogP contribution in [0, 0.1) is 0 Å². The Morgan fingerprint density at radius 2 is 2.09 bits per heavy atom. The third-order valence-corrected chi connectivity index (χ3v) is 7.61. The second kappa shape index (κ2) is 10.4. The van der Waals surface area contributed by atoms with Gasteiger partial charge in [-0.3, -0.25) is 19.1 Å². The van der Waals surface area contributed by atoms with E-state index in [0.717, 1.165) is 35.6 Å². The Morgan fingerprint density at radius 3 is 2.84 bits per heavy atom. The number of carbonyl (C=O) groups excluding carboxylic acids is 1. The zero-order chi connectivity index (χ0) is 22.5. The smallest absolute Gasteiger partial charge is 0.262 e. The number of nitrogens with zero attached hydrogens (tertiary/aromatic N) is 4. The van der Waals surface area contributed by atoms with Crippen molar-refractivity contribution in [2.45, 2.75) is 63.4 Å². The quantitative estimate of drug-likeness (QED) is 0.251. The number of anilines is 1. The topological polar surface area (TPSA) is 68.1 Å². The zero-order valence-corrected chi connectivity index (χ0v) is 20.2. The van der Waals surface area contributed by atoms with Crippen LogP contribution in [0.5, 0.6) is 0 Å². The average molecular weight is 469 g/mol. The Balaban J connectivity index is 1.58. The molecule has 3 aromatic rings. The van der Waals surface area contributed by atoms with Crippen molar-refractivity contribution in [2.75, 3.05) is 11.4 Å². The van der Waals surface area contributed by atoms with E-state index in [1.54, 1.807) is 11.8 Å². The monoisotopic (exact) mass is 468 g/mol. The summed E-state index contributed by atoms with van der Waals surface area (Å²) in [7, 11) is 0. The van der Waals surface area contributed by atoms with Crippen LogP contribution in [0.25, 0.3) is 10.9 Å². The molecule has 0 aliphatic heterocycles. The summed E-state index contributed by atoms with van der Waals surface area (Å²) in [5.74, 6) is 0.586. The van der Waals surface area contributed by atoms with Crippen LogP contribution in [-0.2, 0) is 17.1 Å². The highest BCUT2D eigenvalue weighted by Gasteiger charge is 2.16. The molecule has 0 radical (unpaired) electrons. The number of amides is 1. The van der Waals surface area contributed by atoms with Gasteiger partial charge in [-0.25, -0.2) is 9.97 Å². The summed E-state index contributed by atoms with van der Waals surface area (Å²) in [6.45, 7) is 4.73. The van der Waals surface area contributed by atoms with Gasteiger partial charge < -0.3 is 0 Å². The number of hydrogen-bond donors (Lipinski definition) is 0. The fourth-order valence-electron chi connectivity index (χ4n) is 3.96. The summed E-state index contributed by atoms with van der Waals surface area (Å²) >= 11 is 3.00. The summed E-state index contributed by atoms with van der Waals surface area (Å²) in [6, 6.07) is 7.54. The lowest BCUT2D eigenvalue weighted by Gasteiger charge is -2.16. The van der Waals surface area contributed by atoms with Crippen molar-refractivity contribution >= 4 is 45.0 Å². The van der Waals surface area contributed by atoms with E-state index in [2.05, 4.69) is 11.1 Å². The van der Waals surface area contributed by atoms with Gasteiger partial charge in [-0.1, -0.05) is 35.5 Å². The summed E-state index contributed by atoms with van der Waals surface area (Å²) in [5.41, 5.74) is 3.07. The lowest BCUT2D eigenvalue weighted by Crippen LogP contribution is -2.27. The second-order valence-electron chi connectivity index (χ2n) is 7.90. The molecule has 0 N–H and O–H groups in total. The van der Waals surface area contributed by atoms with Gasteiger partial charge >= 0.3 is 0 Å². The summed E-state index contributed by atoms with van der Waals surface area (Å²) in [5, 5.41) is 4.07. The van der Waals surface area contributed by atoms with Crippen LogP contribution in [0.4, 0.5) is 5.13 Å². The molecule has 1 aliphatic rings. The summed E-state index contributed by atoms with van der Waals surface area (Å²) < 4.78 is 1.82. The number of fused-ring (bicyclic) bond motifs is 1. The van der Waals surface area contributed by atoms with Crippen molar-refractivity contribution in [3.05, 3.63) is 57.3 Å². The predicted molar refractivity (Wildman–Crippen MR) is 133 cm³/mol. The van der Waals surface area contributed by atoms with Crippen LogP contribution in [-0.4, -0.2) is 27.0 Å². The molecule has 0 saturated carbocycles. The third-order valence-electron chi connectivity index (χ3n) is 5.68. The number of thiazole rings is 1. The van der Waals surface area contributed by atoms with E-state index >= 15 is 0 Å². The standard InChI is InChI=1S/C24H28N4O2S2/c1-3-27(17(2)29)23-25-19(15-31-23)16-32-24-26-21-12-8-7-11-20(21)22(30)28(24)14-13-18-9-5-4-6-10-18/h7-9,11-12,15H,3-6,10,13-14,16H2,1-2H3. The van der Waals surface area contributed by atoms with Gasteiger partial charge in [0.25, 0.3) is 5.56 Å². The van der Waals surface area contributed by atoms with Gasteiger partial charge in [-0.05, 0) is 51.2 Å². The maximum absolute atomic E-state index is 13.3. The number of aromatic nitrogens is 3. The lowest BCUT2D eigenvalue weighted by molar-refractivity contribution is -0.116. The van der Waals surface area contributed by atoms with E-state index in [1.807, 2.05) is 41.1 Å². The molecule has 4 rings (SSSR count). The van der Waals surface area contributed by atoms with Crippen LogP contribution in [0.2, 0.25) is 0 Å². The molecule has 1 amide bonds. The van der Waals surface area contributed by atoms with Gasteiger partial charge in [0, 0.05) is 31.1 Å². The molecule has 0 fully saturated rings. The lowest BCUT2D eigenvalue weighted by atomic mass is 9.97. The highest BCUT2D eigenvalue weighted by molar-refractivity contribution is 7.98. The van der Waals surface area contributed by atoms with Crippen molar-refractivity contribution in [3.8, 4) is 0 Å². The van der Waals surface area contributed by atoms with Gasteiger partial charge in [0.05, 0.1) is 16.6 Å². The largest absolute Gasteiger partial charge is 0.289 e. The number of hydrogen-bond acceptors (Lipinski definition) is 6. The molecule has 168 valence electrons. The number of para-hydroxylation sites is 1. The van der Waals surface area contributed by atoms with Crippen LogP contribution in [0.1, 0.15) is 51.6 Å². The predicted octanol–water partition coefficient (Wildman–Crippen LogP) is 5.41. The molecule has 0 unspecified atom stereocenters. The van der Waals surface area contributed by atoms with Crippen molar-refractivity contribution in [3.63, 3.8) is 0 Å². The molecular formula is C24H28N4O2S2. The van der Waals surface area contributed by atoms with Gasteiger partial charge in [0.2, 0.25) is 5.91 Å². The van der Waals surface area contributed by atoms with Gasteiger partial charge in [-0.15, -0.1) is 11.3 Å². The van der Waals surface area contributed by atoms with Crippen LogP contribution in [0.3, 0.4) is 0 Å². The first-order valence-corrected chi connectivity index (χ1v) is 13.0. The number of allylic oxidation sites excluding steroid dienone is 2. The van der Waals surface area contributed by atoms with Gasteiger partial charge in [0.15, 0.2) is 10.3 Å². The van der Waals surface area contributed by atoms with Crippen molar-refractivity contribution < 1.29 is 4.79 Å². The Hall–Kier alpha value is -2.45. The third kappa shape index (κ3) is 5.13. The average Bonchev–Trinajstić information content (AvgIpc) is 3.26. The highest BCUT2D eigenvalue weighted by Crippen LogP contribution is 2.27. The van der Waals surface area contributed by atoms with Gasteiger partial charge in [-0.2, -0.15) is 0 Å². The minimum absolute atomic E-state index is 0.0110. The summed E-state index contributed by atoms with van der Waals surface area (Å²) in [4.78, 5) is 36.2. The zero-order valence-electron chi connectivity index (χ0n) is 18.5. The first kappa shape index (κ1) is 22.7. The SMILES string of the molecule is CCN(C(C)=O)c1nc(CSc2nc3ccccc3c(=O)n2CCC2=CCCCC2)cs1. The molecule has 2 heterocycles. The molecule has 1 aliphatic carbocycles. The molecule has 0 bridgehead atoms. The van der Waals surface area contributed by atoms with E-state index < -0.39 is 0 Å². The normalized spacial score (nSPS) is 13.9. The fraction of sp³-hybridized carbons (Fsp3) is 0.417. The van der Waals surface area contributed by atoms with Crippen LogP contribution >= 0.6 is 23.1 Å².